The maximum Gasteiger partial charge on any atom is 0.240 e. The molecule has 0 atom stereocenters. The smallest absolute Gasteiger partial charge is 0.240 e. The number of nitrogens with one attached hydrogen (secondary N) is 2. The number of sulfonamides is 1. The number of hydrogen-bond acceptors (Lipinski definition) is 4. The average molecular weight is 331 g/mol. The molecule has 2 N–H and O–H groups in total. The van der Waals surface area contributed by atoms with Crippen molar-refractivity contribution in [3.63, 3.8) is 0 Å². The van der Waals surface area contributed by atoms with E-state index in [0.717, 1.165) is 12.0 Å². The number of benzene rings is 1. The Morgan fingerprint density at radius 2 is 1.90 bits per heavy atom. The second-order valence-corrected chi connectivity index (χ2v) is 8.88. The molecule has 1 rings (SSSR count). The van der Waals surface area contributed by atoms with Crippen LogP contribution in [-0.4, -0.2) is 33.0 Å². The van der Waals surface area contributed by atoms with Crippen LogP contribution in [-0.2, 0) is 23.0 Å². The molecule has 1 aromatic carbocycles. The molecule has 0 radical (unpaired) electrons. The van der Waals surface area contributed by atoms with Crippen LogP contribution in [0.1, 0.15) is 31.9 Å². The van der Waals surface area contributed by atoms with Crippen LogP contribution in [0, 0.1) is 0 Å². The van der Waals surface area contributed by atoms with Crippen molar-refractivity contribution in [2.24, 2.45) is 0 Å². The van der Waals surface area contributed by atoms with E-state index < -0.39 is 10.0 Å². The van der Waals surface area contributed by atoms with Gasteiger partial charge in [-0.05, 0) is 56.8 Å². The Morgan fingerprint density at radius 1 is 1.24 bits per heavy atom. The third-order valence-electron chi connectivity index (χ3n) is 3.48. The Balaban J connectivity index is 3.00. The second-order valence-electron chi connectivity index (χ2n) is 5.60. The van der Waals surface area contributed by atoms with Gasteiger partial charge in [-0.15, -0.1) is 0 Å². The van der Waals surface area contributed by atoms with Gasteiger partial charge in [-0.1, -0.05) is 13.0 Å². The molecular formula is C15H26N2O2S2. The van der Waals surface area contributed by atoms with Crippen molar-refractivity contribution in [2.75, 3.05) is 19.8 Å². The van der Waals surface area contributed by atoms with Crippen LogP contribution >= 0.6 is 11.8 Å². The number of thioether (sulfide) groups is 1. The van der Waals surface area contributed by atoms with Crippen molar-refractivity contribution in [3.8, 4) is 0 Å². The normalized spacial score (nSPS) is 12.6. The van der Waals surface area contributed by atoms with Crippen molar-refractivity contribution >= 4 is 21.8 Å². The van der Waals surface area contributed by atoms with E-state index in [0.29, 0.717) is 18.0 Å². The lowest BCUT2D eigenvalue weighted by atomic mass is 10.1. The maximum atomic E-state index is 12.4. The lowest BCUT2D eigenvalue weighted by Gasteiger charge is -2.22. The summed E-state index contributed by atoms with van der Waals surface area (Å²) < 4.78 is 27.4. The van der Waals surface area contributed by atoms with Crippen LogP contribution in [0.4, 0.5) is 0 Å². The van der Waals surface area contributed by atoms with Crippen molar-refractivity contribution in [2.45, 2.75) is 43.4 Å². The zero-order chi connectivity index (χ0) is 16.1. The summed E-state index contributed by atoms with van der Waals surface area (Å²) in [6.45, 7) is 7.19. The van der Waals surface area contributed by atoms with E-state index in [1.807, 2.05) is 33.2 Å². The highest BCUT2D eigenvalue weighted by molar-refractivity contribution is 8.00. The minimum Gasteiger partial charge on any atom is -0.316 e. The van der Waals surface area contributed by atoms with E-state index in [2.05, 4.69) is 17.0 Å². The topological polar surface area (TPSA) is 58.2 Å². The van der Waals surface area contributed by atoms with Gasteiger partial charge >= 0.3 is 0 Å². The first kappa shape index (κ1) is 18.5. The van der Waals surface area contributed by atoms with Crippen LogP contribution in [0.5, 0.6) is 0 Å². The predicted octanol–water partition coefficient (Wildman–Crippen LogP) is 2.39. The van der Waals surface area contributed by atoms with Gasteiger partial charge in [0.2, 0.25) is 10.0 Å². The van der Waals surface area contributed by atoms with Gasteiger partial charge in [0.15, 0.2) is 0 Å². The molecule has 0 bridgehead atoms. The molecule has 4 nitrogen and oxygen atoms in total. The van der Waals surface area contributed by atoms with Crippen LogP contribution in [0.15, 0.2) is 23.1 Å². The van der Waals surface area contributed by atoms with Crippen molar-refractivity contribution in [1.82, 2.24) is 10.0 Å². The second kappa shape index (κ2) is 7.63. The summed E-state index contributed by atoms with van der Waals surface area (Å²) in [6, 6.07) is 5.36. The van der Waals surface area contributed by atoms with Gasteiger partial charge < -0.3 is 5.32 Å². The van der Waals surface area contributed by atoms with Gasteiger partial charge in [0, 0.05) is 17.8 Å². The molecule has 0 saturated heterocycles. The van der Waals surface area contributed by atoms with Crippen molar-refractivity contribution < 1.29 is 8.42 Å². The van der Waals surface area contributed by atoms with Gasteiger partial charge in [-0.2, -0.15) is 11.8 Å². The van der Waals surface area contributed by atoms with E-state index in [4.69, 9.17) is 0 Å². The monoisotopic (exact) mass is 330 g/mol. The molecule has 0 aliphatic carbocycles. The third-order valence-corrected chi connectivity index (χ3v) is 6.13. The van der Waals surface area contributed by atoms with Crippen molar-refractivity contribution in [3.05, 3.63) is 29.3 Å². The summed E-state index contributed by atoms with van der Waals surface area (Å²) in [6.07, 6.45) is 2.87. The van der Waals surface area contributed by atoms with E-state index in [1.165, 1.54) is 5.56 Å². The molecule has 6 heteroatoms. The number of hydrogen-bond donors (Lipinski definition) is 2. The van der Waals surface area contributed by atoms with E-state index in [1.54, 1.807) is 23.9 Å². The molecule has 0 spiro atoms. The van der Waals surface area contributed by atoms with E-state index in [-0.39, 0.29) is 4.75 Å². The van der Waals surface area contributed by atoms with Gasteiger partial charge in [0.05, 0.1) is 4.90 Å². The molecule has 120 valence electrons. The maximum absolute atomic E-state index is 12.4. The highest BCUT2D eigenvalue weighted by Gasteiger charge is 2.21. The van der Waals surface area contributed by atoms with E-state index in [9.17, 15) is 8.42 Å². The number of aryl methyl sites for hydroxylation is 1. The molecule has 0 heterocycles. The fraction of sp³-hybridized carbons (Fsp3) is 0.600. The molecule has 0 amide bonds. The summed E-state index contributed by atoms with van der Waals surface area (Å²) in [5, 5.41) is 3.08. The first-order valence-electron chi connectivity index (χ1n) is 7.07. The Kier molecular flexibility index (Phi) is 6.71. The van der Waals surface area contributed by atoms with Gasteiger partial charge in [0.1, 0.15) is 0 Å². The lowest BCUT2D eigenvalue weighted by molar-refractivity contribution is 0.570. The average Bonchev–Trinajstić information content (AvgIpc) is 2.46. The Morgan fingerprint density at radius 3 is 2.43 bits per heavy atom. The Bertz CT molecular complexity index is 569. The summed E-state index contributed by atoms with van der Waals surface area (Å²) in [5.74, 6) is 0. The molecule has 1 aromatic rings. The summed E-state index contributed by atoms with van der Waals surface area (Å²) in [7, 11) is -1.60. The molecule has 0 fully saturated rings. The summed E-state index contributed by atoms with van der Waals surface area (Å²) in [4.78, 5) is 0.335. The molecule has 0 unspecified atom stereocenters. The highest BCUT2D eigenvalue weighted by atomic mass is 32.2. The van der Waals surface area contributed by atoms with Crippen LogP contribution in [0.2, 0.25) is 0 Å². The Hall–Kier alpha value is -0.560. The van der Waals surface area contributed by atoms with Gasteiger partial charge in [-0.3, -0.25) is 0 Å². The quantitative estimate of drug-likeness (QED) is 0.768. The minimum absolute atomic E-state index is 0.121. The minimum atomic E-state index is -3.46. The van der Waals surface area contributed by atoms with Gasteiger partial charge in [0.25, 0.3) is 0 Å². The van der Waals surface area contributed by atoms with Crippen LogP contribution in [0.3, 0.4) is 0 Å². The SMILES string of the molecule is CCc1ccc(S(=O)(=O)NCC(C)(C)SC)cc1CNC. The van der Waals surface area contributed by atoms with E-state index >= 15 is 0 Å². The standard InChI is InChI=1S/C15H26N2O2S2/c1-6-12-7-8-14(9-13(12)10-16-4)21(18,19)17-11-15(2,3)20-5/h7-9,16-17H,6,10-11H2,1-5H3. The lowest BCUT2D eigenvalue weighted by Crippen LogP contribution is -2.36. The highest BCUT2D eigenvalue weighted by Crippen LogP contribution is 2.21. The molecule has 0 aliphatic heterocycles. The summed E-state index contributed by atoms with van der Waals surface area (Å²) in [5.41, 5.74) is 2.21. The zero-order valence-corrected chi connectivity index (χ0v) is 15.1. The fourth-order valence-corrected chi connectivity index (χ4v) is 3.46. The Labute approximate surface area is 133 Å². The third kappa shape index (κ3) is 5.29. The van der Waals surface area contributed by atoms with Gasteiger partial charge in [-0.25, -0.2) is 13.1 Å². The molecule has 21 heavy (non-hydrogen) atoms. The van der Waals surface area contributed by atoms with Crippen LogP contribution in [0.25, 0.3) is 0 Å². The largest absolute Gasteiger partial charge is 0.316 e. The number of rotatable bonds is 8. The molecular weight excluding hydrogens is 304 g/mol. The first-order valence-corrected chi connectivity index (χ1v) is 9.77. The first-order chi connectivity index (χ1) is 9.75. The predicted molar refractivity (Wildman–Crippen MR) is 91.4 cm³/mol. The fourth-order valence-electron chi connectivity index (χ4n) is 1.89. The summed E-state index contributed by atoms with van der Waals surface area (Å²) >= 11 is 1.64. The van der Waals surface area contributed by atoms with Crippen LogP contribution < -0.4 is 10.0 Å². The zero-order valence-electron chi connectivity index (χ0n) is 13.5. The van der Waals surface area contributed by atoms with Crippen molar-refractivity contribution in [1.29, 1.82) is 0 Å². The molecule has 0 saturated carbocycles. The molecule has 0 aliphatic rings. The molecule has 0 aromatic heterocycles.